The van der Waals surface area contributed by atoms with Crippen molar-refractivity contribution < 1.29 is 0 Å². The zero-order valence-electron chi connectivity index (χ0n) is 13.0. The van der Waals surface area contributed by atoms with Crippen LogP contribution in [0.5, 0.6) is 0 Å². The van der Waals surface area contributed by atoms with E-state index in [1.54, 1.807) is 0 Å². The smallest absolute Gasteiger partial charge is 0.0503 e. The molecule has 0 bridgehead atoms. The highest BCUT2D eigenvalue weighted by atomic mass is 32.4. The van der Waals surface area contributed by atoms with E-state index in [1.807, 2.05) is 0 Å². The molecule has 0 amide bonds. The molecular weight excluding hydrogens is 317 g/mol. The van der Waals surface area contributed by atoms with Gasteiger partial charge in [0.15, 0.2) is 0 Å². The number of hydrogen-bond acceptors (Lipinski definition) is 2. The molecule has 0 aromatic heterocycles. The zero-order valence-corrected chi connectivity index (χ0v) is 14.7. The lowest BCUT2D eigenvalue weighted by Gasteiger charge is -2.39. The second-order valence-corrected chi connectivity index (χ2v) is 10.0. The summed E-state index contributed by atoms with van der Waals surface area (Å²) in [6.45, 7) is 3.14. The summed E-state index contributed by atoms with van der Waals surface area (Å²) < 4.78 is 0. The lowest BCUT2D eigenvalue weighted by atomic mass is 10.2. The minimum Gasteiger partial charge on any atom is -0.341 e. The standard InChI is InChI=1S/C20H18NPS/c1-2-21-17-12-6-8-14-19(17)22(23,16-10-4-3-5-11-16)20-15-9-7-13-18(20)21/h3-15H,2H2,1H3. The van der Waals surface area contributed by atoms with Crippen LogP contribution in [-0.4, -0.2) is 6.54 Å². The number of para-hydroxylation sites is 2. The first-order valence-electron chi connectivity index (χ1n) is 7.89. The fraction of sp³-hybridized carbons (Fsp3) is 0.100. The maximum atomic E-state index is 6.42. The molecule has 1 aliphatic heterocycles. The summed E-state index contributed by atoms with van der Waals surface area (Å²) >= 11 is 6.42. The summed E-state index contributed by atoms with van der Waals surface area (Å²) in [4.78, 5) is 2.39. The van der Waals surface area contributed by atoms with E-state index in [9.17, 15) is 0 Å². The highest BCUT2D eigenvalue weighted by molar-refractivity contribution is 8.25. The molecule has 0 atom stereocenters. The summed E-state index contributed by atoms with van der Waals surface area (Å²) in [5.74, 6) is 0. The number of fused-ring (bicyclic) bond motifs is 2. The molecule has 3 aromatic rings. The summed E-state index contributed by atoms with van der Waals surface area (Å²) in [6.07, 6.45) is 0. The maximum Gasteiger partial charge on any atom is 0.0503 e. The first-order valence-corrected chi connectivity index (χ1v) is 10.7. The van der Waals surface area contributed by atoms with E-state index in [2.05, 4.69) is 90.7 Å². The predicted octanol–water partition coefficient (Wildman–Crippen LogP) is 3.91. The second-order valence-electron chi connectivity index (χ2n) is 5.67. The molecule has 23 heavy (non-hydrogen) atoms. The second kappa shape index (κ2) is 5.63. The topological polar surface area (TPSA) is 3.24 Å². The van der Waals surface area contributed by atoms with Gasteiger partial charge in [-0.05, 0) is 24.4 Å². The van der Waals surface area contributed by atoms with E-state index >= 15 is 0 Å². The Kier molecular flexibility index (Phi) is 3.60. The molecule has 1 aliphatic rings. The van der Waals surface area contributed by atoms with Crippen LogP contribution in [0.3, 0.4) is 0 Å². The van der Waals surface area contributed by atoms with E-state index in [0.29, 0.717) is 0 Å². The van der Waals surface area contributed by atoms with Crippen molar-refractivity contribution in [3.63, 3.8) is 0 Å². The Balaban J connectivity index is 2.11. The third-order valence-corrected chi connectivity index (χ3v) is 9.41. The lowest BCUT2D eigenvalue weighted by molar-refractivity contribution is 1.03. The minimum atomic E-state index is -2.00. The van der Waals surface area contributed by atoms with Crippen molar-refractivity contribution in [3.05, 3.63) is 78.9 Å². The van der Waals surface area contributed by atoms with Gasteiger partial charge >= 0.3 is 0 Å². The van der Waals surface area contributed by atoms with Gasteiger partial charge < -0.3 is 4.90 Å². The summed E-state index contributed by atoms with van der Waals surface area (Å²) in [5.41, 5.74) is 2.53. The van der Waals surface area contributed by atoms with Gasteiger partial charge in [-0.2, -0.15) is 0 Å². The quantitative estimate of drug-likeness (QED) is 0.653. The maximum absolute atomic E-state index is 6.42. The molecule has 1 nitrogen and oxygen atoms in total. The number of hydrogen-bond donors (Lipinski definition) is 0. The van der Waals surface area contributed by atoms with Crippen molar-refractivity contribution in [2.24, 2.45) is 0 Å². The summed E-state index contributed by atoms with van der Waals surface area (Å²) in [6, 6.07) is 25.9. The molecule has 0 N–H and O–H groups in total. The molecule has 0 saturated carbocycles. The largest absolute Gasteiger partial charge is 0.341 e. The van der Waals surface area contributed by atoms with E-state index in [4.69, 9.17) is 11.8 Å². The van der Waals surface area contributed by atoms with Gasteiger partial charge in [-0.15, -0.1) is 0 Å². The first kappa shape index (κ1) is 14.7. The van der Waals surface area contributed by atoms with Crippen LogP contribution in [0.15, 0.2) is 78.9 Å². The van der Waals surface area contributed by atoms with Crippen LogP contribution >= 0.6 is 6.04 Å². The molecule has 114 valence electrons. The fourth-order valence-electron chi connectivity index (χ4n) is 3.43. The summed E-state index contributed by atoms with van der Waals surface area (Å²) in [7, 11) is 0. The van der Waals surface area contributed by atoms with E-state index < -0.39 is 6.04 Å². The molecule has 0 spiro atoms. The van der Waals surface area contributed by atoms with E-state index in [0.717, 1.165) is 6.54 Å². The Hall–Kier alpha value is -1.89. The Morgan fingerprint density at radius 3 is 1.74 bits per heavy atom. The monoisotopic (exact) mass is 335 g/mol. The normalized spacial score (nSPS) is 14.9. The van der Waals surface area contributed by atoms with Crippen LogP contribution in [0.1, 0.15) is 6.92 Å². The average Bonchev–Trinajstić information content (AvgIpc) is 2.63. The Morgan fingerprint density at radius 1 is 0.739 bits per heavy atom. The van der Waals surface area contributed by atoms with Crippen molar-refractivity contribution in [1.82, 2.24) is 0 Å². The number of benzene rings is 3. The SMILES string of the molecule is CCN1c2ccccc2P(=S)(c2ccccc2)c2ccccc21. The van der Waals surface area contributed by atoms with E-state index in [1.165, 1.54) is 27.3 Å². The van der Waals surface area contributed by atoms with Gasteiger partial charge in [0.1, 0.15) is 0 Å². The van der Waals surface area contributed by atoms with Crippen molar-refractivity contribution in [3.8, 4) is 0 Å². The van der Waals surface area contributed by atoms with Gasteiger partial charge in [0.2, 0.25) is 0 Å². The predicted molar refractivity (Wildman–Crippen MR) is 105 cm³/mol. The third-order valence-electron chi connectivity index (χ3n) is 4.46. The molecule has 0 saturated heterocycles. The molecular formula is C20H18NPS. The molecule has 0 unspecified atom stereocenters. The highest BCUT2D eigenvalue weighted by Crippen LogP contribution is 2.51. The van der Waals surface area contributed by atoms with Crippen LogP contribution < -0.4 is 20.8 Å². The average molecular weight is 335 g/mol. The number of nitrogens with zero attached hydrogens (tertiary/aromatic N) is 1. The van der Waals surface area contributed by atoms with Crippen LogP contribution in [0.2, 0.25) is 0 Å². The van der Waals surface area contributed by atoms with Gasteiger partial charge in [-0.1, -0.05) is 78.5 Å². The van der Waals surface area contributed by atoms with Gasteiger partial charge in [0, 0.05) is 23.2 Å². The zero-order chi connectivity index (χ0) is 15.9. The van der Waals surface area contributed by atoms with Crippen molar-refractivity contribution >= 4 is 45.1 Å². The van der Waals surface area contributed by atoms with Gasteiger partial charge in [0.25, 0.3) is 0 Å². The molecule has 1 heterocycles. The Bertz CT molecular complexity index is 853. The first-order chi connectivity index (χ1) is 11.3. The van der Waals surface area contributed by atoms with Crippen molar-refractivity contribution in [1.29, 1.82) is 0 Å². The molecule has 3 aromatic carbocycles. The number of anilines is 2. The molecule has 3 heteroatoms. The fourth-order valence-corrected chi connectivity index (χ4v) is 7.76. The lowest BCUT2D eigenvalue weighted by Crippen LogP contribution is -2.38. The van der Waals surface area contributed by atoms with E-state index in [-0.39, 0.29) is 0 Å². The highest BCUT2D eigenvalue weighted by Gasteiger charge is 2.35. The van der Waals surface area contributed by atoms with Crippen molar-refractivity contribution in [2.45, 2.75) is 6.92 Å². The summed E-state index contributed by atoms with van der Waals surface area (Å²) in [5, 5.41) is 3.88. The Labute approximate surface area is 142 Å². The van der Waals surface area contributed by atoms with Crippen LogP contribution in [0, 0.1) is 0 Å². The molecule has 0 aliphatic carbocycles. The minimum absolute atomic E-state index is 0.943. The molecule has 4 rings (SSSR count). The van der Waals surface area contributed by atoms with Gasteiger partial charge in [-0.3, -0.25) is 0 Å². The molecule has 0 radical (unpaired) electrons. The molecule has 0 fully saturated rings. The van der Waals surface area contributed by atoms with Crippen LogP contribution in [-0.2, 0) is 11.8 Å². The number of rotatable bonds is 2. The third kappa shape index (κ3) is 2.09. The van der Waals surface area contributed by atoms with Crippen LogP contribution in [0.25, 0.3) is 0 Å². The van der Waals surface area contributed by atoms with Gasteiger partial charge in [0.05, 0.1) is 11.4 Å². The van der Waals surface area contributed by atoms with Crippen LogP contribution in [0.4, 0.5) is 11.4 Å². The Morgan fingerprint density at radius 2 is 1.22 bits per heavy atom. The van der Waals surface area contributed by atoms with Gasteiger partial charge in [-0.25, -0.2) is 0 Å². The van der Waals surface area contributed by atoms with Crippen molar-refractivity contribution in [2.75, 3.05) is 11.4 Å².